The standard InChI is InChI=1S/C11H16O4/c1-4-7-8-9(10(12)14-5-2)11(13)15-6-3/h9H,5-6,8H2,1-3H3. The van der Waals surface area contributed by atoms with E-state index in [1.807, 2.05) is 0 Å². The van der Waals surface area contributed by atoms with Crippen molar-refractivity contribution in [2.24, 2.45) is 5.92 Å². The average Bonchev–Trinajstić information content (AvgIpc) is 2.19. The Morgan fingerprint density at radius 2 is 1.60 bits per heavy atom. The van der Waals surface area contributed by atoms with Crippen LogP contribution in [-0.2, 0) is 19.1 Å². The average molecular weight is 212 g/mol. The monoisotopic (exact) mass is 212 g/mol. The van der Waals surface area contributed by atoms with Gasteiger partial charge in [-0.2, -0.15) is 0 Å². The second-order valence-electron chi connectivity index (χ2n) is 2.69. The van der Waals surface area contributed by atoms with Crippen molar-refractivity contribution >= 4 is 11.9 Å². The first-order chi connectivity index (χ1) is 7.17. The summed E-state index contributed by atoms with van der Waals surface area (Å²) in [6, 6.07) is 0. The topological polar surface area (TPSA) is 52.6 Å². The summed E-state index contributed by atoms with van der Waals surface area (Å²) in [5.74, 6) is 3.24. The minimum Gasteiger partial charge on any atom is -0.465 e. The molecule has 0 N–H and O–H groups in total. The van der Waals surface area contributed by atoms with E-state index in [9.17, 15) is 9.59 Å². The largest absolute Gasteiger partial charge is 0.465 e. The lowest BCUT2D eigenvalue weighted by molar-refractivity contribution is -0.161. The molecule has 0 heterocycles. The fraction of sp³-hybridized carbons (Fsp3) is 0.636. The van der Waals surface area contributed by atoms with Gasteiger partial charge < -0.3 is 9.47 Å². The van der Waals surface area contributed by atoms with Crippen LogP contribution >= 0.6 is 0 Å². The summed E-state index contributed by atoms with van der Waals surface area (Å²) in [5, 5.41) is 0. The van der Waals surface area contributed by atoms with Gasteiger partial charge in [0.1, 0.15) is 0 Å². The van der Waals surface area contributed by atoms with E-state index in [0.29, 0.717) is 0 Å². The maximum Gasteiger partial charge on any atom is 0.321 e. The van der Waals surface area contributed by atoms with E-state index in [0.717, 1.165) is 0 Å². The minimum atomic E-state index is -0.919. The summed E-state index contributed by atoms with van der Waals surface area (Å²) in [7, 11) is 0. The van der Waals surface area contributed by atoms with E-state index in [1.54, 1.807) is 20.8 Å². The van der Waals surface area contributed by atoms with Crippen LogP contribution in [0.2, 0.25) is 0 Å². The molecule has 0 aromatic rings. The summed E-state index contributed by atoms with van der Waals surface area (Å²) in [4.78, 5) is 22.7. The highest BCUT2D eigenvalue weighted by molar-refractivity contribution is 5.95. The van der Waals surface area contributed by atoms with E-state index >= 15 is 0 Å². The highest BCUT2D eigenvalue weighted by Crippen LogP contribution is 2.08. The molecular formula is C11H16O4. The first-order valence-corrected chi connectivity index (χ1v) is 4.90. The number of hydrogen-bond acceptors (Lipinski definition) is 4. The molecule has 0 bridgehead atoms. The maximum absolute atomic E-state index is 11.4. The van der Waals surface area contributed by atoms with Crippen LogP contribution in [0.15, 0.2) is 0 Å². The van der Waals surface area contributed by atoms with Gasteiger partial charge in [-0.05, 0) is 20.8 Å². The lowest BCUT2D eigenvalue weighted by Gasteiger charge is -2.11. The molecule has 0 amide bonds. The van der Waals surface area contributed by atoms with E-state index in [2.05, 4.69) is 11.8 Å². The van der Waals surface area contributed by atoms with Crippen LogP contribution in [0.25, 0.3) is 0 Å². The number of rotatable bonds is 5. The number of esters is 2. The Morgan fingerprint density at radius 1 is 1.13 bits per heavy atom. The molecule has 0 aliphatic carbocycles. The van der Waals surface area contributed by atoms with E-state index < -0.39 is 17.9 Å². The van der Waals surface area contributed by atoms with Crippen molar-refractivity contribution in [3.05, 3.63) is 0 Å². The summed E-state index contributed by atoms with van der Waals surface area (Å²) in [5.41, 5.74) is 0. The van der Waals surface area contributed by atoms with Crippen molar-refractivity contribution in [3.8, 4) is 11.8 Å². The van der Waals surface area contributed by atoms with Gasteiger partial charge in [-0.25, -0.2) is 0 Å². The van der Waals surface area contributed by atoms with Crippen LogP contribution in [0.5, 0.6) is 0 Å². The van der Waals surface area contributed by atoms with Crippen LogP contribution in [0.3, 0.4) is 0 Å². The Hall–Kier alpha value is -1.50. The van der Waals surface area contributed by atoms with Gasteiger partial charge in [-0.15, -0.1) is 11.8 Å². The highest BCUT2D eigenvalue weighted by atomic mass is 16.6. The molecule has 15 heavy (non-hydrogen) atoms. The van der Waals surface area contributed by atoms with Crippen molar-refractivity contribution in [1.29, 1.82) is 0 Å². The fourth-order valence-corrected chi connectivity index (χ4v) is 0.953. The quantitative estimate of drug-likeness (QED) is 0.389. The zero-order chi connectivity index (χ0) is 11.7. The normalized spacial score (nSPS) is 9.07. The van der Waals surface area contributed by atoms with Gasteiger partial charge in [0.2, 0.25) is 0 Å². The Kier molecular flexibility index (Phi) is 7.08. The van der Waals surface area contributed by atoms with Crippen molar-refractivity contribution < 1.29 is 19.1 Å². The molecule has 0 atom stereocenters. The van der Waals surface area contributed by atoms with Crippen LogP contribution in [-0.4, -0.2) is 25.2 Å². The summed E-state index contributed by atoms with van der Waals surface area (Å²) >= 11 is 0. The van der Waals surface area contributed by atoms with Crippen LogP contribution in [0.4, 0.5) is 0 Å². The smallest absolute Gasteiger partial charge is 0.321 e. The molecule has 4 nitrogen and oxygen atoms in total. The Labute approximate surface area is 89.9 Å². The molecule has 0 aliphatic rings. The summed E-state index contributed by atoms with van der Waals surface area (Å²) in [6.07, 6.45) is 0.147. The molecule has 0 radical (unpaired) electrons. The van der Waals surface area contributed by atoms with Crippen LogP contribution in [0, 0.1) is 17.8 Å². The summed E-state index contributed by atoms with van der Waals surface area (Å²) in [6.45, 7) is 5.51. The van der Waals surface area contributed by atoms with Gasteiger partial charge in [0, 0.05) is 6.42 Å². The van der Waals surface area contributed by atoms with Crippen LogP contribution in [0.1, 0.15) is 27.2 Å². The van der Waals surface area contributed by atoms with Crippen molar-refractivity contribution in [1.82, 2.24) is 0 Å². The van der Waals surface area contributed by atoms with Gasteiger partial charge in [-0.1, -0.05) is 0 Å². The first kappa shape index (κ1) is 13.5. The van der Waals surface area contributed by atoms with Crippen molar-refractivity contribution in [2.75, 3.05) is 13.2 Å². The highest BCUT2D eigenvalue weighted by Gasteiger charge is 2.28. The van der Waals surface area contributed by atoms with Gasteiger partial charge >= 0.3 is 11.9 Å². The molecule has 0 unspecified atom stereocenters. The molecule has 0 fully saturated rings. The fourth-order valence-electron chi connectivity index (χ4n) is 0.953. The SMILES string of the molecule is CC#CCC(C(=O)OCC)C(=O)OCC. The summed E-state index contributed by atoms with van der Waals surface area (Å²) < 4.78 is 9.52. The van der Waals surface area contributed by atoms with Gasteiger partial charge in [-0.3, -0.25) is 9.59 Å². The third-order valence-electron chi connectivity index (χ3n) is 1.63. The zero-order valence-electron chi connectivity index (χ0n) is 9.33. The van der Waals surface area contributed by atoms with Crippen molar-refractivity contribution in [3.63, 3.8) is 0 Å². The lowest BCUT2D eigenvalue weighted by Crippen LogP contribution is -2.27. The van der Waals surface area contributed by atoms with Crippen LogP contribution < -0.4 is 0 Å². The van der Waals surface area contributed by atoms with E-state index in [4.69, 9.17) is 9.47 Å². The lowest BCUT2D eigenvalue weighted by atomic mass is 10.1. The molecule has 0 aromatic carbocycles. The number of carbonyl (C=O) groups excluding carboxylic acids is 2. The third-order valence-corrected chi connectivity index (χ3v) is 1.63. The molecule has 0 spiro atoms. The number of hydrogen-bond donors (Lipinski definition) is 0. The third kappa shape index (κ3) is 5.06. The molecule has 0 aliphatic heterocycles. The second kappa shape index (κ2) is 7.86. The Bertz CT molecular complexity index is 254. The molecule has 0 rings (SSSR count). The predicted octanol–water partition coefficient (Wildman–Crippen LogP) is 1.14. The Balaban J connectivity index is 4.46. The van der Waals surface area contributed by atoms with E-state index in [1.165, 1.54) is 0 Å². The first-order valence-electron chi connectivity index (χ1n) is 4.90. The van der Waals surface area contributed by atoms with Gasteiger partial charge in [0.05, 0.1) is 13.2 Å². The van der Waals surface area contributed by atoms with Gasteiger partial charge in [0.25, 0.3) is 0 Å². The van der Waals surface area contributed by atoms with E-state index in [-0.39, 0.29) is 19.6 Å². The van der Waals surface area contributed by atoms with Crippen molar-refractivity contribution in [2.45, 2.75) is 27.2 Å². The molecule has 0 aromatic heterocycles. The molecule has 0 saturated heterocycles. The maximum atomic E-state index is 11.4. The Morgan fingerprint density at radius 3 is 1.93 bits per heavy atom. The van der Waals surface area contributed by atoms with Gasteiger partial charge in [0.15, 0.2) is 5.92 Å². The predicted molar refractivity (Wildman–Crippen MR) is 54.8 cm³/mol. The minimum absolute atomic E-state index is 0.147. The number of ether oxygens (including phenoxy) is 2. The molecule has 84 valence electrons. The molecule has 4 heteroatoms. The number of carbonyl (C=O) groups is 2. The molecule has 0 saturated carbocycles. The second-order valence-corrected chi connectivity index (χ2v) is 2.69. The molecular weight excluding hydrogens is 196 g/mol. The zero-order valence-corrected chi connectivity index (χ0v) is 9.33.